The van der Waals surface area contributed by atoms with Gasteiger partial charge in [0.2, 0.25) is 0 Å². The molecular formula is C17H17FO. The molecule has 0 aliphatic rings. The predicted octanol–water partition coefficient (Wildman–Crippen LogP) is 4.18. The summed E-state index contributed by atoms with van der Waals surface area (Å²) in [6, 6.07) is 10.4. The van der Waals surface area contributed by atoms with Crippen molar-refractivity contribution in [2.24, 2.45) is 0 Å². The molecule has 0 saturated carbocycles. The molecular weight excluding hydrogens is 239 g/mol. The number of carbonyl (C=O) groups excluding carboxylic acids is 1. The van der Waals surface area contributed by atoms with Crippen molar-refractivity contribution in [3.05, 3.63) is 70.0 Å². The van der Waals surface area contributed by atoms with Crippen LogP contribution < -0.4 is 0 Å². The van der Waals surface area contributed by atoms with Crippen LogP contribution in [0.15, 0.2) is 36.4 Å². The number of hydrogen-bond acceptors (Lipinski definition) is 1. The van der Waals surface area contributed by atoms with Crippen LogP contribution >= 0.6 is 0 Å². The van der Waals surface area contributed by atoms with E-state index >= 15 is 0 Å². The second-order valence-electron chi connectivity index (χ2n) is 4.94. The Morgan fingerprint density at radius 1 is 1.00 bits per heavy atom. The van der Waals surface area contributed by atoms with Crippen LogP contribution in [0.4, 0.5) is 4.39 Å². The zero-order chi connectivity index (χ0) is 14.0. The Morgan fingerprint density at radius 3 is 2.21 bits per heavy atom. The van der Waals surface area contributed by atoms with Gasteiger partial charge >= 0.3 is 0 Å². The Bertz CT molecular complexity index is 609. The van der Waals surface area contributed by atoms with E-state index in [1.807, 2.05) is 39.0 Å². The number of ketones is 1. The first kappa shape index (κ1) is 13.5. The molecule has 0 aromatic heterocycles. The molecule has 2 aromatic rings. The standard InChI is InChI=1S/C17H17FO/c1-11-5-4-6-12(2)17(11)16(19)10-14-7-8-15(18)9-13(14)3/h4-9H,10H2,1-3H3. The normalized spacial score (nSPS) is 10.5. The number of rotatable bonds is 3. The molecule has 0 N–H and O–H groups in total. The first-order chi connectivity index (χ1) is 8.99. The summed E-state index contributed by atoms with van der Waals surface area (Å²) in [7, 11) is 0. The van der Waals surface area contributed by atoms with Gasteiger partial charge in [0.25, 0.3) is 0 Å². The van der Waals surface area contributed by atoms with Crippen LogP contribution in [0.25, 0.3) is 0 Å². The summed E-state index contributed by atoms with van der Waals surface area (Å²) in [6.07, 6.45) is 0.317. The number of halogens is 1. The molecule has 0 heterocycles. The van der Waals surface area contributed by atoms with Crippen LogP contribution in [0.1, 0.15) is 32.6 Å². The molecule has 0 saturated heterocycles. The van der Waals surface area contributed by atoms with Crippen molar-refractivity contribution in [1.29, 1.82) is 0 Å². The predicted molar refractivity (Wildman–Crippen MR) is 75.1 cm³/mol. The maximum atomic E-state index is 13.1. The Hall–Kier alpha value is -1.96. The summed E-state index contributed by atoms with van der Waals surface area (Å²) in [5.74, 6) is -0.175. The van der Waals surface area contributed by atoms with Crippen LogP contribution in [0.3, 0.4) is 0 Å². The Balaban J connectivity index is 2.31. The molecule has 2 heteroatoms. The molecule has 2 aromatic carbocycles. The van der Waals surface area contributed by atoms with Crippen molar-refractivity contribution >= 4 is 5.78 Å². The molecule has 0 bridgehead atoms. The minimum absolute atomic E-state index is 0.0882. The SMILES string of the molecule is Cc1cc(F)ccc1CC(=O)c1c(C)cccc1C. The topological polar surface area (TPSA) is 17.1 Å². The van der Waals surface area contributed by atoms with Crippen molar-refractivity contribution in [1.82, 2.24) is 0 Å². The molecule has 0 spiro atoms. The summed E-state index contributed by atoms with van der Waals surface area (Å²) in [5, 5.41) is 0. The highest BCUT2D eigenvalue weighted by atomic mass is 19.1. The minimum Gasteiger partial charge on any atom is -0.294 e. The zero-order valence-electron chi connectivity index (χ0n) is 11.5. The van der Waals surface area contributed by atoms with Crippen LogP contribution in [-0.4, -0.2) is 5.78 Å². The average Bonchev–Trinajstić information content (AvgIpc) is 2.32. The molecule has 0 atom stereocenters. The minimum atomic E-state index is -0.263. The lowest BCUT2D eigenvalue weighted by molar-refractivity contribution is 0.0991. The third-order valence-electron chi connectivity index (χ3n) is 3.42. The van der Waals surface area contributed by atoms with E-state index < -0.39 is 0 Å². The fourth-order valence-electron chi connectivity index (χ4n) is 2.37. The summed E-state index contributed by atoms with van der Waals surface area (Å²) in [4.78, 5) is 12.4. The highest BCUT2D eigenvalue weighted by Crippen LogP contribution is 2.18. The lowest BCUT2D eigenvalue weighted by Gasteiger charge is -2.10. The van der Waals surface area contributed by atoms with Crippen LogP contribution in [0.5, 0.6) is 0 Å². The molecule has 0 unspecified atom stereocenters. The Kier molecular flexibility index (Phi) is 3.79. The molecule has 0 fully saturated rings. The summed E-state index contributed by atoms with van der Waals surface area (Å²) < 4.78 is 13.1. The van der Waals surface area contributed by atoms with Gasteiger partial charge in [-0.15, -0.1) is 0 Å². The highest BCUT2D eigenvalue weighted by Gasteiger charge is 2.13. The third kappa shape index (κ3) is 2.90. The largest absolute Gasteiger partial charge is 0.294 e. The molecule has 0 aliphatic heterocycles. The van der Waals surface area contributed by atoms with Gasteiger partial charge < -0.3 is 0 Å². The third-order valence-corrected chi connectivity index (χ3v) is 3.42. The Labute approximate surface area is 113 Å². The van der Waals surface area contributed by atoms with Crippen LogP contribution in [0, 0.1) is 26.6 Å². The van der Waals surface area contributed by atoms with Crippen molar-refractivity contribution in [3.63, 3.8) is 0 Å². The van der Waals surface area contributed by atoms with E-state index in [1.165, 1.54) is 12.1 Å². The van der Waals surface area contributed by atoms with Gasteiger partial charge in [-0.3, -0.25) is 4.79 Å². The van der Waals surface area contributed by atoms with Gasteiger partial charge in [0, 0.05) is 12.0 Å². The lowest BCUT2D eigenvalue weighted by atomic mass is 9.94. The summed E-state index contributed by atoms with van der Waals surface area (Å²) in [5.41, 5.74) is 4.47. The number of hydrogen-bond donors (Lipinski definition) is 0. The van der Waals surface area contributed by atoms with Crippen molar-refractivity contribution < 1.29 is 9.18 Å². The number of benzene rings is 2. The van der Waals surface area contributed by atoms with Gasteiger partial charge in [-0.1, -0.05) is 24.3 Å². The molecule has 98 valence electrons. The van der Waals surface area contributed by atoms with Crippen molar-refractivity contribution in [2.45, 2.75) is 27.2 Å². The van der Waals surface area contributed by atoms with Crippen molar-refractivity contribution in [2.75, 3.05) is 0 Å². The van der Waals surface area contributed by atoms with Gasteiger partial charge in [0.05, 0.1) is 0 Å². The van der Waals surface area contributed by atoms with E-state index in [9.17, 15) is 9.18 Å². The quantitative estimate of drug-likeness (QED) is 0.753. The molecule has 19 heavy (non-hydrogen) atoms. The monoisotopic (exact) mass is 256 g/mol. The van der Waals surface area contributed by atoms with E-state index in [0.717, 1.165) is 27.8 Å². The van der Waals surface area contributed by atoms with Gasteiger partial charge in [0.15, 0.2) is 5.78 Å². The van der Waals surface area contributed by atoms with Crippen molar-refractivity contribution in [3.8, 4) is 0 Å². The average molecular weight is 256 g/mol. The number of carbonyl (C=O) groups is 1. The molecule has 0 amide bonds. The smallest absolute Gasteiger partial charge is 0.167 e. The first-order valence-corrected chi connectivity index (χ1v) is 6.33. The van der Waals surface area contributed by atoms with E-state index in [1.54, 1.807) is 6.07 Å². The maximum absolute atomic E-state index is 13.1. The molecule has 0 radical (unpaired) electrons. The van der Waals surface area contributed by atoms with E-state index in [0.29, 0.717) is 6.42 Å². The zero-order valence-corrected chi connectivity index (χ0v) is 11.5. The number of aryl methyl sites for hydroxylation is 3. The van der Waals surface area contributed by atoms with Gasteiger partial charge in [-0.25, -0.2) is 4.39 Å². The molecule has 0 aliphatic carbocycles. The van der Waals surface area contributed by atoms with Gasteiger partial charge in [-0.05, 0) is 55.2 Å². The lowest BCUT2D eigenvalue weighted by Crippen LogP contribution is -2.09. The maximum Gasteiger partial charge on any atom is 0.167 e. The fourth-order valence-corrected chi connectivity index (χ4v) is 2.37. The van der Waals surface area contributed by atoms with Gasteiger partial charge in [0.1, 0.15) is 5.82 Å². The van der Waals surface area contributed by atoms with Gasteiger partial charge in [-0.2, -0.15) is 0 Å². The van der Waals surface area contributed by atoms with Crippen LogP contribution in [0.2, 0.25) is 0 Å². The van der Waals surface area contributed by atoms with Crippen LogP contribution in [-0.2, 0) is 6.42 Å². The second-order valence-corrected chi connectivity index (χ2v) is 4.94. The summed E-state index contributed by atoms with van der Waals surface area (Å²) >= 11 is 0. The molecule has 1 nitrogen and oxygen atoms in total. The van der Waals surface area contributed by atoms with E-state index in [2.05, 4.69) is 0 Å². The molecule has 2 rings (SSSR count). The van der Waals surface area contributed by atoms with E-state index in [-0.39, 0.29) is 11.6 Å². The second kappa shape index (κ2) is 5.35. The Morgan fingerprint density at radius 2 is 1.63 bits per heavy atom. The summed E-state index contributed by atoms with van der Waals surface area (Å²) in [6.45, 7) is 5.71. The fraction of sp³-hybridized carbons (Fsp3) is 0.235. The van der Waals surface area contributed by atoms with E-state index in [4.69, 9.17) is 0 Å². The first-order valence-electron chi connectivity index (χ1n) is 6.33. The number of Topliss-reactive ketones (excluding diaryl/α,β-unsaturated/α-hetero) is 1. The highest BCUT2D eigenvalue weighted by molar-refractivity contribution is 6.00.